The molecule has 2 aromatic rings. The van der Waals surface area contributed by atoms with Crippen LogP contribution in [-0.2, 0) is 9.59 Å². The van der Waals surface area contributed by atoms with Gasteiger partial charge < -0.3 is 10.2 Å². The van der Waals surface area contributed by atoms with Crippen LogP contribution in [-0.4, -0.2) is 45.9 Å². The molecule has 1 aliphatic heterocycles. The molecule has 3 amide bonds. The van der Waals surface area contributed by atoms with E-state index >= 15 is 0 Å². The summed E-state index contributed by atoms with van der Waals surface area (Å²) in [5.74, 6) is -0.394. The van der Waals surface area contributed by atoms with Gasteiger partial charge in [0.15, 0.2) is 0 Å². The Morgan fingerprint density at radius 3 is 2.50 bits per heavy atom. The smallest absolute Gasteiger partial charge is 0.257 e. The molecule has 1 saturated heterocycles. The monoisotopic (exact) mass is 457 g/mol. The lowest BCUT2D eigenvalue weighted by Gasteiger charge is -2.16. The number of amides is 3. The Hall–Kier alpha value is -2.81. The van der Waals surface area contributed by atoms with Crippen molar-refractivity contribution in [3.05, 3.63) is 34.8 Å². The summed E-state index contributed by atoms with van der Waals surface area (Å²) in [5, 5.41) is 15.3. The van der Waals surface area contributed by atoms with Crippen LogP contribution in [0.25, 0.3) is 0 Å². The van der Waals surface area contributed by atoms with Gasteiger partial charge in [-0.25, -0.2) is 0 Å². The van der Waals surface area contributed by atoms with Crippen LogP contribution in [0.4, 0.5) is 10.8 Å². The van der Waals surface area contributed by atoms with Crippen molar-refractivity contribution in [3.63, 3.8) is 0 Å². The number of aromatic nitrogens is 2. The van der Waals surface area contributed by atoms with Crippen molar-refractivity contribution in [2.75, 3.05) is 23.7 Å². The van der Waals surface area contributed by atoms with Crippen LogP contribution >= 0.6 is 11.3 Å². The first-order chi connectivity index (χ1) is 15.4. The SMILES string of the molecule is CCCCN1CC(C(=O)Nc2ccc(C(=O)Nc3nnc(C(CC)CC)s3)cc2)CC1=O. The molecule has 0 spiro atoms. The van der Waals surface area contributed by atoms with Crippen LogP contribution in [0.3, 0.4) is 0 Å². The molecule has 0 saturated carbocycles. The van der Waals surface area contributed by atoms with E-state index in [1.54, 1.807) is 29.2 Å². The van der Waals surface area contributed by atoms with Crippen molar-refractivity contribution >= 4 is 39.9 Å². The van der Waals surface area contributed by atoms with E-state index in [1.807, 2.05) is 0 Å². The Morgan fingerprint density at radius 2 is 1.84 bits per heavy atom. The Balaban J connectivity index is 1.54. The molecule has 1 fully saturated rings. The summed E-state index contributed by atoms with van der Waals surface area (Å²) >= 11 is 1.40. The van der Waals surface area contributed by atoms with Gasteiger partial charge >= 0.3 is 0 Å². The zero-order chi connectivity index (χ0) is 23.1. The van der Waals surface area contributed by atoms with Gasteiger partial charge in [0.05, 0.1) is 5.92 Å². The van der Waals surface area contributed by atoms with Crippen molar-refractivity contribution in [2.24, 2.45) is 5.92 Å². The summed E-state index contributed by atoms with van der Waals surface area (Å²) in [7, 11) is 0. The van der Waals surface area contributed by atoms with Crippen LogP contribution in [0.2, 0.25) is 0 Å². The van der Waals surface area contributed by atoms with Gasteiger partial charge in [-0.05, 0) is 43.5 Å². The Kier molecular flexibility index (Phi) is 8.33. The lowest BCUT2D eigenvalue weighted by molar-refractivity contribution is -0.128. The number of rotatable bonds is 10. The molecule has 172 valence electrons. The number of unbranched alkanes of at least 4 members (excludes halogenated alkanes) is 1. The number of benzene rings is 1. The summed E-state index contributed by atoms with van der Waals surface area (Å²) in [6, 6.07) is 6.69. The van der Waals surface area contributed by atoms with Crippen molar-refractivity contribution in [2.45, 2.75) is 58.8 Å². The third kappa shape index (κ3) is 5.91. The minimum atomic E-state index is -0.344. The van der Waals surface area contributed by atoms with Gasteiger partial charge in [0, 0.05) is 36.7 Å². The molecule has 2 N–H and O–H groups in total. The third-order valence-corrected chi connectivity index (χ3v) is 6.78. The van der Waals surface area contributed by atoms with Crippen LogP contribution in [0, 0.1) is 5.92 Å². The van der Waals surface area contributed by atoms with Crippen LogP contribution < -0.4 is 10.6 Å². The first-order valence-electron chi connectivity index (χ1n) is 11.3. The largest absolute Gasteiger partial charge is 0.342 e. The van der Waals surface area contributed by atoms with Crippen molar-refractivity contribution in [1.29, 1.82) is 0 Å². The van der Waals surface area contributed by atoms with Gasteiger partial charge in [0.25, 0.3) is 5.91 Å². The van der Waals surface area contributed by atoms with Gasteiger partial charge in [-0.2, -0.15) is 0 Å². The molecule has 2 heterocycles. The van der Waals surface area contributed by atoms with E-state index in [0.717, 1.165) is 30.7 Å². The molecular weight excluding hydrogens is 426 g/mol. The van der Waals surface area contributed by atoms with E-state index in [9.17, 15) is 14.4 Å². The topological polar surface area (TPSA) is 104 Å². The Bertz CT molecular complexity index is 939. The fraction of sp³-hybridized carbons (Fsp3) is 0.522. The summed E-state index contributed by atoms with van der Waals surface area (Å²) in [6.07, 6.45) is 4.17. The summed E-state index contributed by atoms with van der Waals surface area (Å²) in [6.45, 7) is 7.47. The summed E-state index contributed by atoms with van der Waals surface area (Å²) in [5.41, 5.74) is 1.06. The highest BCUT2D eigenvalue weighted by Crippen LogP contribution is 2.28. The third-order valence-electron chi connectivity index (χ3n) is 5.78. The van der Waals surface area contributed by atoms with Crippen molar-refractivity contribution in [1.82, 2.24) is 15.1 Å². The highest BCUT2D eigenvalue weighted by Gasteiger charge is 2.33. The first kappa shape index (κ1) is 23.8. The van der Waals surface area contributed by atoms with Gasteiger partial charge in [0.2, 0.25) is 16.9 Å². The first-order valence-corrected chi connectivity index (χ1v) is 12.1. The predicted molar refractivity (Wildman–Crippen MR) is 126 cm³/mol. The average Bonchev–Trinajstić information content (AvgIpc) is 3.40. The number of nitrogens with zero attached hydrogens (tertiary/aromatic N) is 3. The highest BCUT2D eigenvalue weighted by molar-refractivity contribution is 7.15. The normalized spacial score (nSPS) is 15.9. The van der Waals surface area contributed by atoms with Crippen LogP contribution in [0.5, 0.6) is 0 Å². The summed E-state index contributed by atoms with van der Waals surface area (Å²) in [4.78, 5) is 38.9. The number of anilines is 2. The molecule has 0 aliphatic carbocycles. The zero-order valence-electron chi connectivity index (χ0n) is 18.9. The van der Waals surface area contributed by atoms with E-state index in [-0.39, 0.29) is 30.1 Å². The zero-order valence-corrected chi connectivity index (χ0v) is 19.7. The molecular formula is C23H31N5O3S. The molecule has 0 bridgehead atoms. The highest BCUT2D eigenvalue weighted by atomic mass is 32.1. The molecule has 3 rings (SSSR count). The van der Waals surface area contributed by atoms with E-state index < -0.39 is 0 Å². The molecule has 1 aromatic heterocycles. The molecule has 9 heteroatoms. The molecule has 1 unspecified atom stereocenters. The van der Waals surface area contributed by atoms with Crippen molar-refractivity contribution < 1.29 is 14.4 Å². The second-order valence-corrected chi connectivity index (χ2v) is 9.08. The van der Waals surface area contributed by atoms with Crippen molar-refractivity contribution in [3.8, 4) is 0 Å². The average molecular weight is 458 g/mol. The van der Waals surface area contributed by atoms with E-state index in [1.165, 1.54) is 11.3 Å². The summed E-state index contributed by atoms with van der Waals surface area (Å²) < 4.78 is 0. The number of nitrogens with one attached hydrogen (secondary N) is 2. The number of hydrogen-bond donors (Lipinski definition) is 2. The van der Waals surface area contributed by atoms with Crippen LogP contribution in [0.15, 0.2) is 24.3 Å². The second kappa shape index (κ2) is 11.2. The van der Waals surface area contributed by atoms with Gasteiger partial charge in [0.1, 0.15) is 5.01 Å². The number of hydrogen-bond acceptors (Lipinski definition) is 6. The molecule has 1 atom stereocenters. The standard InChI is InChI=1S/C23H31N5O3S/c1-4-7-12-28-14-17(13-19(28)29)21(31)24-18-10-8-16(9-11-18)20(30)25-23-27-26-22(32-23)15(5-2)6-3/h8-11,15,17H,4-7,12-14H2,1-3H3,(H,24,31)(H,25,27,30). The van der Waals surface area contributed by atoms with E-state index in [2.05, 4.69) is 41.6 Å². The lowest BCUT2D eigenvalue weighted by atomic mass is 10.1. The minimum absolute atomic E-state index is 0.0367. The quantitative estimate of drug-likeness (QED) is 0.554. The molecule has 1 aromatic carbocycles. The second-order valence-electron chi connectivity index (χ2n) is 8.07. The maximum atomic E-state index is 12.6. The maximum Gasteiger partial charge on any atom is 0.257 e. The predicted octanol–water partition coefficient (Wildman–Crippen LogP) is 4.28. The molecule has 8 nitrogen and oxygen atoms in total. The van der Waals surface area contributed by atoms with Gasteiger partial charge in [-0.15, -0.1) is 10.2 Å². The minimum Gasteiger partial charge on any atom is -0.342 e. The number of likely N-dealkylation sites (tertiary alicyclic amines) is 1. The van der Waals surface area contributed by atoms with E-state index in [4.69, 9.17) is 0 Å². The fourth-order valence-electron chi connectivity index (χ4n) is 3.72. The maximum absolute atomic E-state index is 12.6. The number of carbonyl (C=O) groups is 3. The van der Waals surface area contributed by atoms with Gasteiger partial charge in [-0.3, -0.25) is 19.7 Å². The van der Waals surface area contributed by atoms with Gasteiger partial charge in [-0.1, -0.05) is 38.5 Å². The molecule has 0 radical (unpaired) electrons. The fourth-order valence-corrected chi connectivity index (χ4v) is 4.72. The Labute approximate surface area is 192 Å². The Morgan fingerprint density at radius 1 is 1.12 bits per heavy atom. The number of carbonyl (C=O) groups excluding carboxylic acids is 3. The van der Waals surface area contributed by atoms with Crippen LogP contribution in [0.1, 0.15) is 74.2 Å². The van der Waals surface area contributed by atoms with E-state index in [0.29, 0.717) is 35.4 Å². The molecule has 32 heavy (non-hydrogen) atoms. The molecule has 1 aliphatic rings. The lowest BCUT2D eigenvalue weighted by Crippen LogP contribution is -2.29.